The van der Waals surface area contributed by atoms with Gasteiger partial charge in [-0.2, -0.15) is 5.26 Å². The highest BCUT2D eigenvalue weighted by atomic mass is 14.7. The third kappa shape index (κ3) is 1.77. The smallest absolute Gasteiger partial charge is 0.101 e. The molecule has 0 saturated carbocycles. The van der Waals surface area contributed by atoms with Crippen molar-refractivity contribution < 1.29 is 0 Å². The van der Waals surface area contributed by atoms with Crippen LogP contribution in [0.2, 0.25) is 0 Å². The summed E-state index contributed by atoms with van der Waals surface area (Å²) in [6, 6.07) is 12.1. The van der Waals surface area contributed by atoms with Gasteiger partial charge in [-0.1, -0.05) is 32.0 Å². The van der Waals surface area contributed by atoms with Crippen molar-refractivity contribution >= 4 is 10.9 Å². The first kappa shape index (κ1) is 10.6. The Balaban J connectivity index is 2.68. The molecule has 2 nitrogen and oxygen atoms in total. The van der Waals surface area contributed by atoms with Crippen LogP contribution in [0.1, 0.15) is 37.4 Å². The molecule has 0 spiro atoms. The molecule has 0 amide bonds. The van der Waals surface area contributed by atoms with E-state index >= 15 is 0 Å². The van der Waals surface area contributed by atoms with Crippen molar-refractivity contribution in [1.29, 1.82) is 5.26 Å². The van der Waals surface area contributed by atoms with Crippen molar-refractivity contribution in [1.82, 2.24) is 4.98 Å². The summed E-state index contributed by atoms with van der Waals surface area (Å²) < 4.78 is 0. The summed E-state index contributed by atoms with van der Waals surface area (Å²) in [7, 11) is 0. The van der Waals surface area contributed by atoms with Gasteiger partial charge in [0.25, 0.3) is 0 Å². The molecule has 2 heteroatoms. The Bertz CT molecular complexity index is 552. The van der Waals surface area contributed by atoms with Crippen LogP contribution in [-0.4, -0.2) is 4.98 Å². The topological polar surface area (TPSA) is 36.7 Å². The minimum Gasteiger partial charge on any atom is -0.251 e. The zero-order chi connectivity index (χ0) is 11.5. The fourth-order valence-electron chi connectivity index (χ4n) is 1.79. The Hall–Kier alpha value is -1.88. The number of fused-ring (bicyclic) bond motifs is 1. The lowest BCUT2D eigenvalue weighted by Crippen LogP contribution is -2.00. The van der Waals surface area contributed by atoms with Gasteiger partial charge in [0.2, 0.25) is 0 Å². The molecule has 80 valence electrons. The molecule has 0 aliphatic carbocycles. The highest BCUT2D eigenvalue weighted by Gasteiger charge is 2.11. The van der Waals surface area contributed by atoms with Crippen LogP contribution in [0.25, 0.3) is 10.9 Å². The van der Waals surface area contributed by atoms with E-state index in [0.717, 1.165) is 23.0 Å². The van der Waals surface area contributed by atoms with Gasteiger partial charge >= 0.3 is 0 Å². The first-order valence-electron chi connectivity index (χ1n) is 5.56. The SMILES string of the molecule is CCC(C)c1nc2ccccc2cc1C#N. The van der Waals surface area contributed by atoms with Gasteiger partial charge in [0.05, 0.1) is 16.8 Å². The predicted molar refractivity (Wildman–Crippen MR) is 65.2 cm³/mol. The highest BCUT2D eigenvalue weighted by molar-refractivity contribution is 5.80. The van der Waals surface area contributed by atoms with Crippen molar-refractivity contribution in [3.05, 3.63) is 41.6 Å². The summed E-state index contributed by atoms with van der Waals surface area (Å²) in [6.07, 6.45) is 1.00. The molecule has 1 aromatic carbocycles. The molecule has 0 saturated heterocycles. The minimum absolute atomic E-state index is 0.333. The average Bonchev–Trinajstić information content (AvgIpc) is 2.36. The monoisotopic (exact) mass is 210 g/mol. The van der Waals surface area contributed by atoms with Gasteiger partial charge in [-0.15, -0.1) is 0 Å². The summed E-state index contributed by atoms with van der Waals surface area (Å²) >= 11 is 0. The van der Waals surface area contributed by atoms with Gasteiger partial charge in [0, 0.05) is 5.39 Å². The second kappa shape index (κ2) is 4.32. The van der Waals surface area contributed by atoms with Gasteiger partial charge in [-0.25, -0.2) is 0 Å². The van der Waals surface area contributed by atoms with Crippen LogP contribution in [0.3, 0.4) is 0 Å². The minimum atomic E-state index is 0.333. The Morgan fingerprint density at radius 1 is 1.38 bits per heavy atom. The van der Waals surface area contributed by atoms with Crippen LogP contribution < -0.4 is 0 Å². The van der Waals surface area contributed by atoms with Crippen molar-refractivity contribution in [2.75, 3.05) is 0 Å². The van der Waals surface area contributed by atoms with E-state index in [2.05, 4.69) is 24.9 Å². The van der Waals surface area contributed by atoms with Crippen LogP contribution in [0, 0.1) is 11.3 Å². The summed E-state index contributed by atoms with van der Waals surface area (Å²) in [5.41, 5.74) is 2.59. The Kier molecular flexibility index (Phi) is 2.87. The van der Waals surface area contributed by atoms with E-state index in [9.17, 15) is 0 Å². The molecule has 0 N–H and O–H groups in total. The summed E-state index contributed by atoms with van der Waals surface area (Å²) in [5.74, 6) is 0.333. The van der Waals surface area contributed by atoms with Crippen molar-refractivity contribution in [2.24, 2.45) is 0 Å². The Labute approximate surface area is 95.6 Å². The number of rotatable bonds is 2. The van der Waals surface area contributed by atoms with Crippen LogP contribution in [0.4, 0.5) is 0 Å². The second-order valence-corrected chi connectivity index (χ2v) is 4.03. The molecule has 0 bridgehead atoms. The third-order valence-corrected chi connectivity index (χ3v) is 2.95. The number of aromatic nitrogens is 1. The molecule has 1 unspecified atom stereocenters. The van der Waals surface area contributed by atoms with Crippen LogP contribution in [0.15, 0.2) is 30.3 Å². The number of nitriles is 1. The fraction of sp³-hybridized carbons (Fsp3) is 0.286. The zero-order valence-corrected chi connectivity index (χ0v) is 9.57. The largest absolute Gasteiger partial charge is 0.251 e. The van der Waals surface area contributed by atoms with E-state index in [1.165, 1.54) is 0 Å². The molecular weight excluding hydrogens is 196 g/mol. The number of hydrogen-bond acceptors (Lipinski definition) is 2. The number of para-hydroxylation sites is 1. The van der Waals surface area contributed by atoms with Gasteiger partial charge in [-0.3, -0.25) is 4.98 Å². The number of hydrogen-bond donors (Lipinski definition) is 0. The number of nitrogens with zero attached hydrogens (tertiary/aromatic N) is 2. The number of pyridine rings is 1. The van der Waals surface area contributed by atoms with E-state index in [1.54, 1.807) is 0 Å². The molecule has 0 aliphatic heterocycles. The lowest BCUT2D eigenvalue weighted by Gasteiger charge is -2.11. The summed E-state index contributed by atoms with van der Waals surface area (Å²) in [5, 5.41) is 10.2. The van der Waals surface area contributed by atoms with Crippen molar-refractivity contribution in [3.63, 3.8) is 0 Å². The maximum atomic E-state index is 9.13. The maximum Gasteiger partial charge on any atom is 0.101 e. The molecule has 1 atom stereocenters. The summed E-state index contributed by atoms with van der Waals surface area (Å²) in [6.45, 7) is 4.22. The highest BCUT2D eigenvalue weighted by Crippen LogP contribution is 2.24. The van der Waals surface area contributed by atoms with Gasteiger partial charge < -0.3 is 0 Å². The van der Waals surface area contributed by atoms with Crippen molar-refractivity contribution in [3.8, 4) is 6.07 Å². The van der Waals surface area contributed by atoms with Crippen LogP contribution in [0.5, 0.6) is 0 Å². The van der Waals surface area contributed by atoms with E-state index in [0.29, 0.717) is 11.5 Å². The van der Waals surface area contributed by atoms with E-state index in [-0.39, 0.29) is 0 Å². The molecule has 16 heavy (non-hydrogen) atoms. The fourth-order valence-corrected chi connectivity index (χ4v) is 1.79. The van der Waals surface area contributed by atoms with Crippen LogP contribution in [-0.2, 0) is 0 Å². The third-order valence-electron chi connectivity index (χ3n) is 2.95. The first-order valence-corrected chi connectivity index (χ1v) is 5.56. The normalized spacial score (nSPS) is 12.3. The average molecular weight is 210 g/mol. The zero-order valence-electron chi connectivity index (χ0n) is 9.57. The molecular formula is C14H14N2. The van der Waals surface area contributed by atoms with Crippen LogP contribution >= 0.6 is 0 Å². The standard InChI is InChI=1S/C14H14N2/c1-3-10(2)14-12(9-15)8-11-6-4-5-7-13(11)16-14/h4-8,10H,3H2,1-2H3. The van der Waals surface area contributed by atoms with Gasteiger partial charge in [0.15, 0.2) is 0 Å². The molecule has 0 fully saturated rings. The van der Waals surface area contributed by atoms with E-state index in [4.69, 9.17) is 5.26 Å². The van der Waals surface area contributed by atoms with Gasteiger partial charge in [0.1, 0.15) is 6.07 Å². The molecule has 1 aromatic heterocycles. The maximum absolute atomic E-state index is 9.13. The molecule has 1 heterocycles. The lowest BCUT2D eigenvalue weighted by molar-refractivity contribution is 0.709. The van der Waals surface area contributed by atoms with E-state index in [1.807, 2.05) is 30.3 Å². The molecule has 0 aliphatic rings. The molecule has 0 radical (unpaired) electrons. The van der Waals surface area contributed by atoms with E-state index < -0.39 is 0 Å². The second-order valence-electron chi connectivity index (χ2n) is 4.03. The lowest BCUT2D eigenvalue weighted by atomic mass is 9.98. The molecule has 2 rings (SSSR count). The predicted octanol–water partition coefficient (Wildman–Crippen LogP) is 3.62. The van der Waals surface area contributed by atoms with Gasteiger partial charge in [-0.05, 0) is 24.5 Å². The first-order chi connectivity index (χ1) is 7.76. The Morgan fingerprint density at radius 2 is 2.12 bits per heavy atom. The Morgan fingerprint density at radius 3 is 2.81 bits per heavy atom. The molecule has 2 aromatic rings. The quantitative estimate of drug-likeness (QED) is 0.759. The summed E-state index contributed by atoms with van der Waals surface area (Å²) in [4.78, 5) is 4.59. The number of benzene rings is 1. The van der Waals surface area contributed by atoms with Crippen molar-refractivity contribution in [2.45, 2.75) is 26.2 Å².